The van der Waals surface area contributed by atoms with E-state index >= 15 is 0 Å². The number of ether oxygens (including phenoxy) is 1. The van der Waals surface area contributed by atoms with Gasteiger partial charge in [0, 0.05) is 10.0 Å². The maximum absolute atomic E-state index is 6.19. The fourth-order valence-corrected chi connectivity index (χ4v) is 3.21. The number of hydrogen-bond acceptors (Lipinski definition) is 2. The molecule has 0 bridgehead atoms. The normalized spacial score (nSPS) is 21.3. The molecule has 2 unspecified atom stereocenters. The highest BCUT2D eigenvalue weighted by Crippen LogP contribution is 2.44. The Hall–Kier alpha value is -0.540. The molecule has 0 radical (unpaired) electrons. The minimum absolute atomic E-state index is 0.277. The third kappa shape index (κ3) is 2.82. The zero-order chi connectivity index (χ0) is 14.0. The molecule has 2 nitrogen and oxygen atoms in total. The molecule has 19 heavy (non-hydrogen) atoms. The highest BCUT2D eigenvalue weighted by molar-refractivity contribution is 9.10. The molecule has 1 aliphatic heterocycles. The van der Waals surface area contributed by atoms with Crippen molar-refractivity contribution >= 4 is 15.9 Å². The van der Waals surface area contributed by atoms with Crippen LogP contribution in [0, 0.1) is 13.8 Å². The molecule has 0 aromatic heterocycles. The average molecular weight is 326 g/mol. The van der Waals surface area contributed by atoms with Gasteiger partial charge in [-0.1, -0.05) is 36.2 Å². The molecule has 1 aromatic rings. The Bertz CT molecular complexity index is 459. The van der Waals surface area contributed by atoms with Crippen molar-refractivity contribution in [2.75, 3.05) is 6.54 Å². The van der Waals surface area contributed by atoms with Gasteiger partial charge in [0.15, 0.2) is 0 Å². The number of benzene rings is 1. The zero-order valence-electron chi connectivity index (χ0n) is 12.3. The van der Waals surface area contributed by atoms with Gasteiger partial charge in [0.25, 0.3) is 0 Å². The van der Waals surface area contributed by atoms with Crippen LogP contribution >= 0.6 is 15.9 Å². The molecular formula is C16H24BrNO. The van der Waals surface area contributed by atoms with E-state index in [9.17, 15) is 0 Å². The fraction of sp³-hybridized carbons (Fsp3) is 0.625. The van der Waals surface area contributed by atoms with Crippen LogP contribution in [-0.4, -0.2) is 12.6 Å². The summed E-state index contributed by atoms with van der Waals surface area (Å²) in [4.78, 5) is 0. The topological polar surface area (TPSA) is 21.3 Å². The molecule has 3 heteroatoms. The Morgan fingerprint density at radius 3 is 2.63 bits per heavy atom. The Morgan fingerprint density at radius 2 is 2.00 bits per heavy atom. The van der Waals surface area contributed by atoms with Crippen LogP contribution in [0.2, 0.25) is 0 Å². The lowest BCUT2D eigenvalue weighted by atomic mass is 9.95. The second-order valence-electron chi connectivity index (χ2n) is 5.42. The Balaban J connectivity index is 2.38. The van der Waals surface area contributed by atoms with Crippen LogP contribution in [0.25, 0.3) is 0 Å². The summed E-state index contributed by atoms with van der Waals surface area (Å²) in [6, 6.07) is 2.51. The zero-order valence-corrected chi connectivity index (χ0v) is 13.9. The summed E-state index contributed by atoms with van der Waals surface area (Å²) in [5.74, 6) is 1.07. The van der Waals surface area contributed by atoms with Crippen molar-refractivity contribution < 1.29 is 4.74 Å². The Morgan fingerprint density at radius 1 is 1.26 bits per heavy atom. The van der Waals surface area contributed by atoms with Crippen molar-refractivity contribution in [2.24, 2.45) is 0 Å². The standard InChI is InChI=1S/C16H24BrNO/c1-5-7-12-16(18-8-6-2)14-11(4)15(17)10(3)9-13(14)19-12/h9,12,16,18H,5-8H2,1-4H3. The molecule has 1 aliphatic rings. The lowest BCUT2D eigenvalue weighted by Gasteiger charge is -2.20. The first-order chi connectivity index (χ1) is 9.10. The highest BCUT2D eigenvalue weighted by Gasteiger charge is 2.35. The van der Waals surface area contributed by atoms with Gasteiger partial charge in [0.05, 0.1) is 6.04 Å². The fourth-order valence-electron chi connectivity index (χ4n) is 2.88. The van der Waals surface area contributed by atoms with E-state index in [1.807, 2.05) is 0 Å². The summed E-state index contributed by atoms with van der Waals surface area (Å²) in [6.07, 6.45) is 3.68. The van der Waals surface area contributed by atoms with E-state index in [4.69, 9.17) is 4.74 Å². The van der Waals surface area contributed by atoms with Crippen molar-refractivity contribution in [1.82, 2.24) is 5.32 Å². The monoisotopic (exact) mass is 325 g/mol. The summed E-state index contributed by atoms with van der Waals surface area (Å²) >= 11 is 3.70. The van der Waals surface area contributed by atoms with Gasteiger partial charge < -0.3 is 10.1 Å². The van der Waals surface area contributed by atoms with Crippen molar-refractivity contribution in [3.63, 3.8) is 0 Å². The largest absolute Gasteiger partial charge is 0.488 e. The van der Waals surface area contributed by atoms with Crippen LogP contribution in [0.3, 0.4) is 0 Å². The molecule has 1 heterocycles. The van der Waals surface area contributed by atoms with Crippen molar-refractivity contribution in [1.29, 1.82) is 0 Å². The van der Waals surface area contributed by atoms with Crippen molar-refractivity contribution in [3.05, 3.63) is 27.2 Å². The van der Waals surface area contributed by atoms with E-state index in [0.29, 0.717) is 6.04 Å². The number of nitrogens with one attached hydrogen (secondary N) is 1. The second-order valence-corrected chi connectivity index (χ2v) is 6.21. The summed E-state index contributed by atoms with van der Waals surface area (Å²) < 4.78 is 7.41. The molecule has 1 aromatic carbocycles. The van der Waals surface area contributed by atoms with Crippen molar-refractivity contribution in [3.8, 4) is 5.75 Å². The quantitative estimate of drug-likeness (QED) is 0.849. The van der Waals surface area contributed by atoms with Crippen LogP contribution in [0.5, 0.6) is 5.75 Å². The lowest BCUT2D eigenvalue weighted by Crippen LogP contribution is -2.31. The van der Waals surface area contributed by atoms with E-state index in [1.165, 1.54) is 21.2 Å². The predicted molar refractivity (Wildman–Crippen MR) is 84.0 cm³/mol. The van der Waals surface area contributed by atoms with Gasteiger partial charge in [0.1, 0.15) is 11.9 Å². The molecular weight excluding hydrogens is 302 g/mol. The van der Waals surface area contributed by atoms with E-state index in [2.05, 4.69) is 55.0 Å². The second kappa shape index (κ2) is 6.27. The number of halogens is 1. The molecule has 0 spiro atoms. The van der Waals surface area contributed by atoms with Gasteiger partial charge >= 0.3 is 0 Å². The summed E-state index contributed by atoms with van der Waals surface area (Å²) in [6.45, 7) is 9.78. The third-order valence-corrected chi connectivity index (χ3v) is 5.06. The molecule has 0 saturated heterocycles. The van der Waals surface area contributed by atoms with Crippen LogP contribution in [0.15, 0.2) is 10.5 Å². The van der Waals surface area contributed by atoms with Gasteiger partial charge in [-0.2, -0.15) is 0 Å². The van der Waals surface area contributed by atoms with Crippen molar-refractivity contribution in [2.45, 2.75) is 59.1 Å². The van der Waals surface area contributed by atoms with Crippen LogP contribution < -0.4 is 10.1 Å². The summed E-state index contributed by atoms with van der Waals surface area (Å²) in [7, 11) is 0. The third-order valence-electron chi connectivity index (χ3n) is 3.84. The van der Waals surface area contributed by atoms with Gasteiger partial charge in [-0.3, -0.25) is 0 Å². The predicted octanol–water partition coefficient (Wildman–Crippen LogP) is 4.67. The van der Waals surface area contributed by atoms with Gasteiger partial charge in [0.2, 0.25) is 0 Å². The molecule has 1 N–H and O–H groups in total. The molecule has 0 fully saturated rings. The van der Waals surface area contributed by atoms with E-state index in [0.717, 1.165) is 31.6 Å². The lowest BCUT2D eigenvalue weighted by molar-refractivity contribution is 0.178. The number of hydrogen-bond donors (Lipinski definition) is 1. The minimum Gasteiger partial charge on any atom is -0.488 e. The molecule has 2 atom stereocenters. The molecule has 0 aliphatic carbocycles. The van der Waals surface area contributed by atoms with E-state index < -0.39 is 0 Å². The first-order valence-corrected chi connectivity index (χ1v) is 8.09. The Labute approximate surface area is 125 Å². The molecule has 0 amide bonds. The molecule has 106 valence electrons. The van der Waals surface area contributed by atoms with E-state index in [-0.39, 0.29) is 6.10 Å². The van der Waals surface area contributed by atoms with Gasteiger partial charge in [-0.25, -0.2) is 0 Å². The maximum Gasteiger partial charge on any atom is 0.125 e. The van der Waals surface area contributed by atoms with E-state index in [1.54, 1.807) is 0 Å². The average Bonchev–Trinajstić information content (AvgIpc) is 2.72. The van der Waals surface area contributed by atoms with Gasteiger partial charge in [-0.05, 0) is 50.4 Å². The molecule has 2 rings (SSSR count). The summed E-state index contributed by atoms with van der Waals surface area (Å²) in [5, 5.41) is 3.66. The summed E-state index contributed by atoms with van der Waals surface area (Å²) in [5.41, 5.74) is 3.93. The smallest absolute Gasteiger partial charge is 0.125 e. The number of fused-ring (bicyclic) bond motifs is 1. The SMILES string of the molecule is CCCNC1c2c(cc(C)c(Br)c2C)OC1CCC. The van der Waals surface area contributed by atoms with Crippen LogP contribution in [0.1, 0.15) is 55.8 Å². The first-order valence-electron chi connectivity index (χ1n) is 7.29. The van der Waals surface area contributed by atoms with Crippen LogP contribution in [0.4, 0.5) is 0 Å². The van der Waals surface area contributed by atoms with Gasteiger partial charge in [-0.15, -0.1) is 0 Å². The Kier molecular flexibility index (Phi) is 4.91. The molecule has 0 saturated carbocycles. The minimum atomic E-state index is 0.277. The van der Waals surface area contributed by atoms with Crippen LogP contribution in [-0.2, 0) is 0 Å². The highest BCUT2D eigenvalue weighted by atomic mass is 79.9. The first kappa shape index (κ1) is 14.9. The number of aryl methyl sites for hydroxylation is 1. The number of rotatable bonds is 5. The maximum atomic E-state index is 6.19.